The van der Waals surface area contributed by atoms with E-state index in [0.29, 0.717) is 59.9 Å². The molecule has 13 nitrogen and oxygen atoms in total. The number of benzene rings is 1. The van der Waals surface area contributed by atoms with Gasteiger partial charge >= 0.3 is 5.97 Å². The van der Waals surface area contributed by atoms with Gasteiger partial charge in [-0.25, -0.2) is 9.78 Å². The average molecular weight is 852 g/mol. The quantitative estimate of drug-likeness (QED) is 0.126. The number of aromatic nitrogens is 2. The molecule has 7 atom stereocenters. The molecular weight excluding hydrogens is 787 g/mol. The number of nitrogen functional groups attached to an aromatic ring is 1. The van der Waals surface area contributed by atoms with Gasteiger partial charge in [-0.15, -0.1) is 0 Å². The lowest BCUT2D eigenvalue weighted by Crippen LogP contribution is -2.78. The topological polar surface area (TPSA) is 148 Å². The van der Waals surface area contributed by atoms with Crippen LogP contribution < -0.4 is 19.9 Å². The number of rotatable bonds is 13. The van der Waals surface area contributed by atoms with E-state index in [0.717, 1.165) is 50.2 Å². The van der Waals surface area contributed by atoms with E-state index in [4.69, 9.17) is 29.4 Å². The van der Waals surface area contributed by atoms with E-state index in [1.54, 1.807) is 25.5 Å². The molecule has 334 valence electrons. The summed E-state index contributed by atoms with van der Waals surface area (Å²) in [5.41, 5.74) is 5.98. The van der Waals surface area contributed by atoms with Crippen molar-refractivity contribution in [3.8, 4) is 17.2 Å². The Kier molecular flexibility index (Phi) is 11.4. The smallest absolute Gasteiger partial charge is 0.333 e. The van der Waals surface area contributed by atoms with E-state index >= 15 is 9.59 Å². The third-order valence-corrected chi connectivity index (χ3v) is 14.4. The third kappa shape index (κ3) is 7.12. The van der Waals surface area contributed by atoms with Crippen molar-refractivity contribution in [2.24, 2.45) is 17.8 Å². The first kappa shape index (κ1) is 43.9. The fraction of sp³-hybridized carbons (Fsp3) is 0.592. The number of anilines is 1. The summed E-state index contributed by atoms with van der Waals surface area (Å²) in [5, 5.41) is 0. The molecule has 1 aromatic carbocycles. The second kappa shape index (κ2) is 16.1. The number of ketones is 2. The minimum atomic E-state index is -1.63. The third-order valence-electron chi connectivity index (χ3n) is 14.4. The molecule has 2 saturated heterocycles. The van der Waals surface area contributed by atoms with Crippen molar-refractivity contribution in [1.29, 1.82) is 0 Å². The molecule has 2 aromatic rings. The fourth-order valence-electron chi connectivity index (χ4n) is 11.3. The van der Waals surface area contributed by atoms with Crippen molar-refractivity contribution in [1.82, 2.24) is 19.4 Å². The lowest BCUT2D eigenvalue weighted by molar-refractivity contribution is -0.208. The zero-order valence-corrected chi connectivity index (χ0v) is 38.3. The average Bonchev–Trinajstić information content (AvgIpc) is 3.71. The number of piperazine rings is 1. The molecule has 1 aromatic heterocycles. The number of hydrogen-bond acceptors (Lipinski definition) is 12. The van der Waals surface area contributed by atoms with Gasteiger partial charge in [-0.1, -0.05) is 29.4 Å². The molecule has 4 aliphatic heterocycles. The number of likely N-dealkylation sites (N-methyl/N-ethyl adjacent to an activating group) is 1. The Morgan fingerprint density at radius 1 is 1.00 bits per heavy atom. The molecule has 9 rings (SSSR count). The predicted molar refractivity (Wildman–Crippen MR) is 237 cm³/mol. The molecule has 3 saturated carbocycles. The van der Waals surface area contributed by atoms with Gasteiger partial charge in [-0.05, 0) is 100 Å². The highest BCUT2D eigenvalue weighted by Crippen LogP contribution is 2.72. The summed E-state index contributed by atoms with van der Waals surface area (Å²) < 4.78 is 35.9. The summed E-state index contributed by atoms with van der Waals surface area (Å²) in [7, 11) is 3.47. The number of hydrogen-bond donors (Lipinski definition) is 1. The van der Waals surface area contributed by atoms with Gasteiger partial charge in [0, 0.05) is 68.3 Å². The Labute approximate surface area is 366 Å². The Morgan fingerprint density at radius 3 is 2.39 bits per heavy atom. The molecule has 5 fully saturated rings. The highest BCUT2D eigenvalue weighted by molar-refractivity contribution is 6.10. The normalized spacial score (nSPS) is 30.8. The fourth-order valence-corrected chi connectivity index (χ4v) is 11.3. The lowest BCUT2D eigenvalue weighted by Gasteiger charge is -2.63. The van der Waals surface area contributed by atoms with Gasteiger partial charge in [0.15, 0.2) is 22.8 Å². The minimum Gasteiger partial charge on any atom is -0.491 e. The number of allylic oxidation sites excluding steroid dienone is 4. The van der Waals surface area contributed by atoms with E-state index in [1.165, 1.54) is 12.7 Å². The van der Waals surface area contributed by atoms with Crippen LogP contribution in [0.1, 0.15) is 109 Å². The molecule has 5 heterocycles. The summed E-state index contributed by atoms with van der Waals surface area (Å²) in [6.07, 6.45) is 15.9. The first-order valence-electron chi connectivity index (χ1n) is 22.3. The van der Waals surface area contributed by atoms with Crippen LogP contribution in [0.4, 0.5) is 5.82 Å². The number of imidazole rings is 1. The van der Waals surface area contributed by atoms with Gasteiger partial charge in [-0.3, -0.25) is 14.5 Å². The van der Waals surface area contributed by atoms with Crippen LogP contribution in [0.2, 0.25) is 0 Å². The SMILES string of the molecule is COC(=O)/C(C)=C\CC12OC(C)(C)C3CC(C1=O)C(n1cnc(N)c1)C1C(=O)c4c(OCCN5CCN(C)CC5)c5c(c(CC=C(C)C)c4OC132)OC(C)(CCC=C(C)C)C=C5. The molecule has 62 heavy (non-hydrogen) atoms. The molecule has 4 bridgehead atoms. The number of ether oxygens (including phenoxy) is 5. The second-order valence-electron chi connectivity index (χ2n) is 19.6. The summed E-state index contributed by atoms with van der Waals surface area (Å²) in [6.45, 7) is 20.8. The van der Waals surface area contributed by atoms with Gasteiger partial charge in [-0.2, -0.15) is 0 Å². The minimum absolute atomic E-state index is 0.00535. The van der Waals surface area contributed by atoms with Crippen LogP contribution in [-0.4, -0.2) is 113 Å². The van der Waals surface area contributed by atoms with Crippen molar-refractivity contribution in [3.05, 3.63) is 70.2 Å². The Hall–Kier alpha value is -4.72. The van der Waals surface area contributed by atoms with Crippen molar-refractivity contribution in [3.63, 3.8) is 0 Å². The standard InChI is InChI=1S/C49H65N5O8/c1-29(2)12-11-17-47(8)18-16-33-41(60-47)32(14-13-30(3)4)43-37(42(33)59-25-24-53-22-20-52(9)21-23-53)40(55)38-39(54-27-36(50)51-28-54)34-26-35-46(6,7)62-48(44(34)56,49(35,38)61-43)19-15-31(5)45(57)58-10/h12-13,15-16,18,27-28,34-35,38-39H,11,14,17,19-26,50H2,1-10H3/b31-15-. The van der Waals surface area contributed by atoms with E-state index < -0.39 is 52.2 Å². The Balaban J connectivity index is 1.37. The zero-order valence-electron chi connectivity index (χ0n) is 38.3. The van der Waals surface area contributed by atoms with Crippen LogP contribution >= 0.6 is 0 Å². The van der Waals surface area contributed by atoms with E-state index in [9.17, 15) is 4.79 Å². The summed E-state index contributed by atoms with van der Waals surface area (Å²) in [4.78, 5) is 53.8. The first-order chi connectivity index (χ1) is 29.4. The van der Waals surface area contributed by atoms with Crippen molar-refractivity contribution in [2.45, 2.75) is 116 Å². The van der Waals surface area contributed by atoms with Gasteiger partial charge in [0.2, 0.25) is 0 Å². The van der Waals surface area contributed by atoms with Crippen LogP contribution in [0.5, 0.6) is 17.2 Å². The molecule has 3 aliphatic carbocycles. The van der Waals surface area contributed by atoms with Crippen LogP contribution in [-0.2, 0) is 25.5 Å². The molecule has 0 amide bonds. The van der Waals surface area contributed by atoms with Crippen LogP contribution in [0.15, 0.2) is 53.5 Å². The van der Waals surface area contributed by atoms with Gasteiger partial charge < -0.3 is 38.9 Å². The van der Waals surface area contributed by atoms with Gasteiger partial charge in [0.25, 0.3) is 0 Å². The number of esters is 1. The molecule has 1 spiro atoms. The highest BCUT2D eigenvalue weighted by Gasteiger charge is 2.85. The Morgan fingerprint density at radius 2 is 1.73 bits per heavy atom. The number of methoxy groups -OCH3 is 1. The number of carbonyl (C=O) groups is 3. The highest BCUT2D eigenvalue weighted by atomic mass is 16.6. The summed E-state index contributed by atoms with van der Waals surface area (Å²) in [6, 6.07) is -0.680. The van der Waals surface area contributed by atoms with Crippen molar-refractivity contribution in [2.75, 3.05) is 59.2 Å². The Bertz CT molecular complexity index is 2270. The molecule has 0 radical (unpaired) electrons. The monoisotopic (exact) mass is 851 g/mol. The molecule has 7 unspecified atom stereocenters. The largest absolute Gasteiger partial charge is 0.491 e. The number of Topliss-reactive ketones (excluding diaryl/α,β-unsaturated/α-hetero) is 2. The molecule has 2 N–H and O–H groups in total. The van der Waals surface area contributed by atoms with E-state index in [2.05, 4.69) is 66.9 Å². The van der Waals surface area contributed by atoms with Crippen molar-refractivity contribution < 1.29 is 38.1 Å². The lowest BCUT2D eigenvalue weighted by atomic mass is 9.45. The number of nitrogens with zero attached hydrogens (tertiary/aromatic N) is 4. The van der Waals surface area contributed by atoms with Gasteiger partial charge in [0.1, 0.15) is 40.8 Å². The number of fused-ring (bicyclic) bond motifs is 2. The van der Waals surface area contributed by atoms with Crippen LogP contribution in [0.25, 0.3) is 6.08 Å². The van der Waals surface area contributed by atoms with Gasteiger partial charge in [0.05, 0.1) is 36.6 Å². The van der Waals surface area contributed by atoms with Crippen molar-refractivity contribution >= 4 is 29.4 Å². The summed E-state index contributed by atoms with van der Waals surface area (Å²) >= 11 is 0. The molecule has 13 heteroatoms. The number of nitrogens with two attached hydrogens (primary N) is 1. The maximum absolute atomic E-state index is 16.3. The predicted octanol–water partition coefficient (Wildman–Crippen LogP) is 6.96. The number of carbonyl (C=O) groups excluding carboxylic acids is 3. The molecule has 7 aliphatic rings. The second-order valence-corrected chi connectivity index (χ2v) is 19.6. The van der Waals surface area contributed by atoms with Crippen LogP contribution in [0.3, 0.4) is 0 Å². The first-order valence-corrected chi connectivity index (χ1v) is 22.3. The molecular formula is C49H65N5O8. The maximum atomic E-state index is 16.3. The van der Waals surface area contributed by atoms with E-state index in [-0.39, 0.29) is 23.8 Å². The summed E-state index contributed by atoms with van der Waals surface area (Å²) in [5.74, 6) is -1.15. The zero-order chi connectivity index (χ0) is 44.5. The van der Waals surface area contributed by atoms with E-state index in [1.807, 2.05) is 32.3 Å². The maximum Gasteiger partial charge on any atom is 0.333 e. The van der Waals surface area contributed by atoms with Crippen LogP contribution in [0, 0.1) is 17.8 Å².